The zero-order chi connectivity index (χ0) is 15.9. The topological polar surface area (TPSA) is 65.1 Å². The molecule has 0 unspecified atom stereocenters. The van der Waals surface area contributed by atoms with Crippen LogP contribution in [0.4, 0.5) is 0 Å². The Hall–Kier alpha value is -1.14. The number of rotatable bonds is 2. The number of carbonyl (C=O) groups excluding carboxylic acids is 2. The van der Waals surface area contributed by atoms with E-state index in [2.05, 4.69) is 0 Å². The third-order valence-electron chi connectivity index (χ3n) is 4.72. The Labute approximate surface area is 131 Å². The van der Waals surface area contributed by atoms with Gasteiger partial charge in [0.1, 0.15) is 12.5 Å². The number of ether oxygens (including phenoxy) is 2. The van der Waals surface area contributed by atoms with Crippen molar-refractivity contribution in [3.63, 3.8) is 0 Å². The minimum absolute atomic E-state index is 0.0380. The van der Waals surface area contributed by atoms with Crippen molar-refractivity contribution in [2.24, 2.45) is 11.3 Å². The van der Waals surface area contributed by atoms with Gasteiger partial charge in [-0.3, -0.25) is 14.4 Å². The van der Waals surface area contributed by atoms with Gasteiger partial charge in [0.25, 0.3) is 0 Å². The SMILES string of the molecule is CC(C)(C)C(=O)OC[C@@H]1CC[C@H]2[C@@H]3C(=O)OCCC[C@@H]3ON12. The molecule has 0 aliphatic carbocycles. The van der Waals surface area contributed by atoms with E-state index in [1.165, 1.54) is 0 Å². The summed E-state index contributed by atoms with van der Waals surface area (Å²) in [5.41, 5.74) is -0.500. The van der Waals surface area contributed by atoms with Crippen LogP contribution >= 0.6 is 0 Å². The first-order valence-corrected chi connectivity index (χ1v) is 8.17. The van der Waals surface area contributed by atoms with E-state index in [9.17, 15) is 9.59 Å². The van der Waals surface area contributed by atoms with Crippen molar-refractivity contribution >= 4 is 11.9 Å². The van der Waals surface area contributed by atoms with Crippen molar-refractivity contribution in [3.05, 3.63) is 0 Å². The number of cyclic esters (lactones) is 1. The van der Waals surface area contributed by atoms with Crippen LogP contribution in [0.3, 0.4) is 0 Å². The van der Waals surface area contributed by atoms with E-state index in [1.807, 2.05) is 25.8 Å². The first kappa shape index (κ1) is 15.7. The largest absolute Gasteiger partial charge is 0.465 e. The highest BCUT2D eigenvalue weighted by molar-refractivity contribution is 5.75. The number of hydrogen-bond donors (Lipinski definition) is 0. The second-order valence-electron chi connectivity index (χ2n) is 7.49. The Bertz CT molecular complexity index is 458. The Kier molecular flexibility index (Phi) is 4.16. The zero-order valence-electron chi connectivity index (χ0n) is 13.5. The van der Waals surface area contributed by atoms with Crippen LogP contribution in [0.15, 0.2) is 0 Å². The van der Waals surface area contributed by atoms with Gasteiger partial charge in [0.15, 0.2) is 0 Å². The molecule has 0 aromatic carbocycles. The van der Waals surface area contributed by atoms with Crippen molar-refractivity contribution in [1.82, 2.24) is 5.06 Å². The van der Waals surface area contributed by atoms with Crippen molar-refractivity contribution < 1.29 is 23.9 Å². The smallest absolute Gasteiger partial charge is 0.313 e. The summed E-state index contributed by atoms with van der Waals surface area (Å²) in [6.45, 7) is 6.34. The molecule has 0 N–H and O–H groups in total. The highest BCUT2D eigenvalue weighted by atomic mass is 16.7. The number of hydroxylamine groups is 2. The van der Waals surface area contributed by atoms with Gasteiger partial charge in [-0.1, -0.05) is 0 Å². The second-order valence-corrected chi connectivity index (χ2v) is 7.49. The van der Waals surface area contributed by atoms with Crippen molar-refractivity contribution in [3.8, 4) is 0 Å². The van der Waals surface area contributed by atoms with Gasteiger partial charge in [0.2, 0.25) is 0 Å². The maximum atomic E-state index is 12.1. The van der Waals surface area contributed by atoms with E-state index < -0.39 is 5.41 Å². The quantitative estimate of drug-likeness (QED) is 0.723. The monoisotopic (exact) mass is 311 g/mol. The number of fused-ring (bicyclic) bond motifs is 3. The van der Waals surface area contributed by atoms with Gasteiger partial charge >= 0.3 is 11.9 Å². The minimum Gasteiger partial charge on any atom is -0.465 e. The molecular formula is C16H25NO5. The molecule has 6 nitrogen and oxygen atoms in total. The maximum Gasteiger partial charge on any atom is 0.313 e. The Morgan fingerprint density at radius 2 is 2.09 bits per heavy atom. The fourth-order valence-corrected chi connectivity index (χ4v) is 3.50. The van der Waals surface area contributed by atoms with Gasteiger partial charge in [-0.05, 0) is 46.5 Å². The van der Waals surface area contributed by atoms with Crippen LogP contribution in [0.25, 0.3) is 0 Å². The Balaban J connectivity index is 1.62. The zero-order valence-corrected chi connectivity index (χ0v) is 13.5. The molecule has 0 spiro atoms. The molecular weight excluding hydrogens is 286 g/mol. The fraction of sp³-hybridized carbons (Fsp3) is 0.875. The summed E-state index contributed by atoms with van der Waals surface area (Å²) in [5.74, 6) is -0.531. The lowest BCUT2D eigenvalue weighted by molar-refractivity contribution is -0.188. The van der Waals surface area contributed by atoms with Gasteiger partial charge in [-0.15, -0.1) is 0 Å². The van der Waals surface area contributed by atoms with Crippen LogP contribution in [0, 0.1) is 11.3 Å². The third-order valence-corrected chi connectivity index (χ3v) is 4.72. The van der Waals surface area contributed by atoms with Crippen LogP contribution in [-0.4, -0.2) is 48.4 Å². The lowest BCUT2D eigenvalue weighted by Crippen LogP contribution is -2.38. The van der Waals surface area contributed by atoms with Crippen molar-refractivity contribution in [2.45, 2.75) is 64.6 Å². The van der Waals surface area contributed by atoms with Crippen LogP contribution in [-0.2, 0) is 23.9 Å². The average molecular weight is 311 g/mol. The number of carbonyl (C=O) groups is 2. The molecule has 22 heavy (non-hydrogen) atoms. The Morgan fingerprint density at radius 1 is 1.32 bits per heavy atom. The molecule has 0 radical (unpaired) electrons. The van der Waals surface area contributed by atoms with Gasteiger partial charge in [0.05, 0.1) is 30.2 Å². The van der Waals surface area contributed by atoms with Gasteiger partial charge < -0.3 is 9.47 Å². The molecule has 0 aromatic heterocycles. The van der Waals surface area contributed by atoms with Gasteiger partial charge in [-0.2, -0.15) is 5.06 Å². The second kappa shape index (κ2) is 5.81. The molecule has 0 saturated carbocycles. The molecule has 3 fully saturated rings. The summed E-state index contributed by atoms with van der Waals surface area (Å²) in [6.07, 6.45) is 3.36. The Morgan fingerprint density at radius 3 is 2.82 bits per heavy atom. The summed E-state index contributed by atoms with van der Waals surface area (Å²) >= 11 is 0. The summed E-state index contributed by atoms with van der Waals surface area (Å²) < 4.78 is 10.7. The van der Waals surface area contributed by atoms with E-state index in [-0.39, 0.29) is 36.0 Å². The van der Waals surface area contributed by atoms with Gasteiger partial charge in [0, 0.05) is 0 Å². The minimum atomic E-state index is -0.500. The van der Waals surface area contributed by atoms with E-state index in [4.69, 9.17) is 14.3 Å². The molecule has 4 atom stereocenters. The van der Waals surface area contributed by atoms with Crippen molar-refractivity contribution in [1.29, 1.82) is 0 Å². The van der Waals surface area contributed by atoms with E-state index in [0.29, 0.717) is 13.2 Å². The lowest BCUT2D eigenvalue weighted by Gasteiger charge is -2.25. The number of nitrogens with zero attached hydrogens (tertiary/aromatic N) is 1. The highest BCUT2D eigenvalue weighted by Gasteiger charge is 2.54. The summed E-state index contributed by atoms with van der Waals surface area (Å²) in [7, 11) is 0. The van der Waals surface area contributed by atoms with Crippen LogP contribution < -0.4 is 0 Å². The van der Waals surface area contributed by atoms with Crippen LogP contribution in [0.2, 0.25) is 0 Å². The predicted octanol–water partition coefficient (Wildman–Crippen LogP) is 1.68. The van der Waals surface area contributed by atoms with Crippen molar-refractivity contribution in [2.75, 3.05) is 13.2 Å². The first-order valence-electron chi connectivity index (χ1n) is 8.17. The first-order chi connectivity index (χ1) is 10.4. The third kappa shape index (κ3) is 2.86. The van der Waals surface area contributed by atoms with E-state index in [1.54, 1.807) is 0 Å². The van der Waals surface area contributed by atoms with E-state index >= 15 is 0 Å². The van der Waals surface area contributed by atoms with Gasteiger partial charge in [-0.25, -0.2) is 0 Å². The highest BCUT2D eigenvalue weighted by Crippen LogP contribution is 2.41. The molecule has 3 rings (SSSR count). The molecule has 6 heteroatoms. The van der Waals surface area contributed by atoms with E-state index in [0.717, 1.165) is 25.7 Å². The molecule has 0 bridgehead atoms. The maximum absolute atomic E-state index is 12.1. The molecule has 124 valence electrons. The molecule has 3 heterocycles. The molecule has 3 saturated heterocycles. The fourth-order valence-electron chi connectivity index (χ4n) is 3.50. The summed E-state index contributed by atoms with van der Waals surface area (Å²) in [4.78, 5) is 30.0. The number of hydrogen-bond acceptors (Lipinski definition) is 6. The molecule has 3 aliphatic heterocycles. The normalized spacial score (nSPS) is 35.5. The van der Waals surface area contributed by atoms with Crippen LogP contribution in [0.5, 0.6) is 0 Å². The molecule has 0 amide bonds. The molecule has 3 aliphatic rings. The van der Waals surface area contributed by atoms with Crippen LogP contribution in [0.1, 0.15) is 46.5 Å². The summed E-state index contributed by atoms with van der Waals surface area (Å²) in [6, 6.07) is 0.102. The lowest BCUT2D eigenvalue weighted by atomic mass is 9.92. The standard InChI is InChI=1S/C16H25NO5/c1-16(2,3)15(19)21-9-10-6-7-11-13-12(22-17(10)11)5-4-8-20-14(13)18/h10-13H,4-9H2,1-3H3/t10-,11-,12-,13-/m0/s1. The number of esters is 2. The summed E-state index contributed by atoms with van der Waals surface area (Å²) in [5, 5.41) is 1.90. The predicted molar refractivity (Wildman–Crippen MR) is 77.6 cm³/mol. The molecule has 0 aromatic rings. The average Bonchev–Trinajstić information content (AvgIpc) is 2.93.